The highest BCUT2D eigenvalue weighted by molar-refractivity contribution is 7.17. The summed E-state index contributed by atoms with van der Waals surface area (Å²) in [6.07, 6.45) is 1.73. The zero-order chi connectivity index (χ0) is 20.2. The van der Waals surface area contributed by atoms with Gasteiger partial charge in [-0.3, -0.25) is 14.7 Å². The first-order valence-electron chi connectivity index (χ1n) is 9.67. The minimum absolute atomic E-state index is 0.0277. The quantitative estimate of drug-likeness (QED) is 0.670. The molecular weight excluding hydrogens is 388 g/mol. The number of thiazole rings is 1. The summed E-state index contributed by atoms with van der Waals surface area (Å²) in [4.78, 5) is 24.7. The summed E-state index contributed by atoms with van der Waals surface area (Å²) in [5.41, 5.74) is 1.49. The summed E-state index contributed by atoms with van der Waals surface area (Å²) >= 11 is 1.37. The predicted molar refractivity (Wildman–Crippen MR) is 111 cm³/mol. The lowest BCUT2D eigenvalue weighted by molar-refractivity contribution is 0.0117. The van der Waals surface area contributed by atoms with E-state index in [0.29, 0.717) is 30.3 Å². The van der Waals surface area contributed by atoms with Gasteiger partial charge in [0.15, 0.2) is 0 Å². The third-order valence-corrected chi connectivity index (χ3v) is 6.10. The molecule has 0 aliphatic carbocycles. The first-order valence-corrected chi connectivity index (χ1v) is 10.5. The maximum absolute atomic E-state index is 12.9. The van der Waals surface area contributed by atoms with Gasteiger partial charge in [0.05, 0.1) is 30.6 Å². The van der Waals surface area contributed by atoms with E-state index >= 15 is 0 Å². The highest BCUT2D eigenvalue weighted by Crippen LogP contribution is 2.27. The minimum Gasteiger partial charge on any atom is -0.465 e. The summed E-state index contributed by atoms with van der Waals surface area (Å²) in [6.45, 7) is 7.23. The van der Waals surface area contributed by atoms with Crippen molar-refractivity contribution in [3.63, 3.8) is 0 Å². The van der Waals surface area contributed by atoms with Crippen LogP contribution in [-0.4, -0.2) is 53.6 Å². The normalized spacial score (nSPS) is 15.9. The Balaban J connectivity index is 1.49. The Morgan fingerprint density at radius 1 is 1.24 bits per heavy atom. The lowest BCUT2D eigenvalue weighted by Gasteiger charge is -2.33. The SMILES string of the molecule is Cc1ccc(C(CNC(=O)c2sc(-c3ccccn3)nc2C)N2CCOCC2)o1. The molecule has 1 aliphatic heterocycles. The van der Waals surface area contributed by atoms with Crippen LogP contribution in [0.15, 0.2) is 40.9 Å². The number of carbonyl (C=O) groups is 1. The maximum atomic E-state index is 12.9. The van der Waals surface area contributed by atoms with E-state index in [-0.39, 0.29) is 11.9 Å². The van der Waals surface area contributed by atoms with Crippen LogP contribution >= 0.6 is 11.3 Å². The topological polar surface area (TPSA) is 80.5 Å². The molecule has 3 aromatic heterocycles. The lowest BCUT2D eigenvalue weighted by atomic mass is 10.1. The lowest BCUT2D eigenvalue weighted by Crippen LogP contribution is -2.43. The second-order valence-corrected chi connectivity index (χ2v) is 7.97. The average Bonchev–Trinajstić information content (AvgIpc) is 3.35. The first kappa shape index (κ1) is 19.8. The molecular formula is C21H24N4O3S. The zero-order valence-electron chi connectivity index (χ0n) is 16.6. The molecule has 1 amide bonds. The van der Waals surface area contributed by atoms with Gasteiger partial charge in [0.1, 0.15) is 21.4 Å². The van der Waals surface area contributed by atoms with Gasteiger partial charge in [-0.05, 0) is 38.1 Å². The number of hydrogen-bond acceptors (Lipinski definition) is 7. The van der Waals surface area contributed by atoms with Gasteiger partial charge >= 0.3 is 0 Å². The number of amides is 1. The molecule has 1 atom stereocenters. The fraction of sp³-hybridized carbons (Fsp3) is 0.381. The second-order valence-electron chi connectivity index (χ2n) is 6.97. The van der Waals surface area contributed by atoms with E-state index in [0.717, 1.165) is 35.3 Å². The van der Waals surface area contributed by atoms with Crippen molar-refractivity contribution >= 4 is 17.2 Å². The summed E-state index contributed by atoms with van der Waals surface area (Å²) in [6, 6.07) is 9.58. The molecule has 0 radical (unpaired) electrons. The number of rotatable bonds is 6. The van der Waals surface area contributed by atoms with Crippen LogP contribution in [0, 0.1) is 13.8 Å². The van der Waals surface area contributed by atoms with Crippen molar-refractivity contribution in [2.45, 2.75) is 19.9 Å². The standard InChI is InChI=1S/C21H24N4O3S/c1-14-6-7-18(28-14)17(25-9-11-27-12-10-25)13-23-20(26)19-15(2)24-21(29-19)16-5-3-4-8-22-16/h3-8,17H,9-13H2,1-2H3,(H,23,26). The van der Waals surface area contributed by atoms with E-state index in [1.807, 2.05) is 44.2 Å². The molecule has 152 valence electrons. The van der Waals surface area contributed by atoms with Crippen LogP contribution in [-0.2, 0) is 4.74 Å². The van der Waals surface area contributed by atoms with E-state index in [1.165, 1.54) is 11.3 Å². The van der Waals surface area contributed by atoms with Crippen LogP contribution < -0.4 is 5.32 Å². The summed E-state index contributed by atoms with van der Waals surface area (Å²) in [5, 5.41) is 3.83. The average molecular weight is 413 g/mol. The van der Waals surface area contributed by atoms with Crippen LogP contribution in [0.5, 0.6) is 0 Å². The maximum Gasteiger partial charge on any atom is 0.263 e. The van der Waals surface area contributed by atoms with Crippen LogP contribution in [0.3, 0.4) is 0 Å². The molecule has 7 nitrogen and oxygen atoms in total. The first-order chi connectivity index (χ1) is 14.1. The zero-order valence-corrected chi connectivity index (χ0v) is 17.4. The summed E-state index contributed by atoms with van der Waals surface area (Å²) in [5.74, 6) is 1.60. The number of aromatic nitrogens is 2. The van der Waals surface area contributed by atoms with Crippen molar-refractivity contribution < 1.29 is 13.9 Å². The van der Waals surface area contributed by atoms with E-state index in [1.54, 1.807) is 6.20 Å². The van der Waals surface area contributed by atoms with Gasteiger partial charge < -0.3 is 14.5 Å². The van der Waals surface area contributed by atoms with Gasteiger partial charge in [0.2, 0.25) is 0 Å². The summed E-state index contributed by atoms with van der Waals surface area (Å²) < 4.78 is 11.3. The fourth-order valence-electron chi connectivity index (χ4n) is 3.41. The molecule has 3 aromatic rings. The van der Waals surface area contributed by atoms with Crippen molar-refractivity contribution in [1.29, 1.82) is 0 Å². The Morgan fingerprint density at radius 3 is 2.76 bits per heavy atom. The number of pyridine rings is 1. The number of ether oxygens (including phenoxy) is 1. The Morgan fingerprint density at radius 2 is 2.07 bits per heavy atom. The molecule has 1 fully saturated rings. The Kier molecular flexibility index (Phi) is 6.03. The molecule has 0 saturated carbocycles. The van der Waals surface area contributed by atoms with Gasteiger partial charge in [0, 0.05) is 25.8 Å². The monoisotopic (exact) mass is 412 g/mol. The Hall–Kier alpha value is -2.55. The van der Waals surface area contributed by atoms with E-state index in [2.05, 4.69) is 20.2 Å². The number of hydrogen-bond donors (Lipinski definition) is 1. The molecule has 8 heteroatoms. The van der Waals surface area contributed by atoms with Gasteiger partial charge in [-0.2, -0.15) is 0 Å². The predicted octanol–water partition coefficient (Wildman–Crippen LogP) is 3.22. The number of nitrogens with one attached hydrogen (secondary N) is 1. The second kappa shape index (κ2) is 8.86. The van der Waals surface area contributed by atoms with Crippen LogP contribution in [0.2, 0.25) is 0 Å². The third kappa shape index (κ3) is 4.55. The van der Waals surface area contributed by atoms with E-state index in [9.17, 15) is 4.79 Å². The van der Waals surface area contributed by atoms with Crippen LogP contribution in [0.1, 0.15) is 32.9 Å². The van der Waals surface area contributed by atoms with Crippen LogP contribution in [0.4, 0.5) is 0 Å². The van der Waals surface area contributed by atoms with E-state index in [4.69, 9.17) is 9.15 Å². The molecule has 0 spiro atoms. The summed E-state index contributed by atoms with van der Waals surface area (Å²) in [7, 11) is 0. The van der Waals surface area contributed by atoms with Gasteiger partial charge in [-0.1, -0.05) is 6.07 Å². The van der Waals surface area contributed by atoms with Crippen LogP contribution in [0.25, 0.3) is 10.7 Å². The number of carbonyl (C=O) groups excluding carboxylic acids is 1. The molecule has 1 aliphatic rings. The van der Waals surface area contributed by atoms with Crippen molar-refractivity contribution in [3.05, 3.63) is 58.6 Å². The molecule has 1 N–H and O–H groups in total. The highest BCUT2D eigenvalue weighted by atomic mass is 32.1. The minimum atomic E-state index is -0.122. The molecule has 4 rings (SSSR count). The van der Waals surface area contributed by atoms with Crippen molar-refractivity contribution in [1.82, 2.24) is 20.2 Å². The number of furan rings is 1. The third-order valence-electron chi connectivity index (χ3n) is 4.92. The van der Waals surface area contributed by atoms with Crippen molar-refractivity contribution in [3.8, 4) is 10.7 Å². The van der Waals surface area contributed by atoms with Crippen molar-refractivity contribution in [2.75, 3.05) is 32.8 Å². The Bertz CT molecular complexity index is 963. The molecule has 0 bridgehead atoms. The highest BCUT2D eigenvalue weighted by Gasteiger charge is 2.26. The molecule has 1 saturated heterocycles. The van der Waals surface area contributed by atoms with Crippen molar-refractivity contribution in [2.24, 2.45) is 0 Å². The largest absolute Gasteiger partial charge is 0.465 e. The molecule has 4 heterocycles. The van der Waals surface area contributed by atoms with Gasteiger partial charge in [-0.25, -0.2) is 4.98 Å². The number of nitrogens with zero attached hydrogens (tertiary/aromatic N) is 3. The fourth-order valence-corrected chi connectivity index (χ4v) is 4.37. The molecule has 0 aromatic carbocycles. The number of morpholine rings is 1. The van der Waals surface area contributed by atoms with Gasteiger partial charge in [0.25, 0.3) is 5.91 Å². The van der Waals surface area contributed by atoms with Gasteiger partial charge in [-0.15, -0.1) is 11.3 Å². The molecule has 1 unspecified atom stereocenters. The Labute approximate surface area is 173 Å². The molecule has 29 heavy (non-hydrogen) atoms. The number of aryl methyl sites for hydroxylation is 2. The smallest absolute Gasteiger partial charge is 0.263 e. The van der Waals surface area contributed by atoms with E-state index < -0.39 is 0 Å².